The Labute approximate surface area is 376 Å². The van der Waals surface area contributed by atoms with E-state index < -0.39 is 12.1 Å². The molecular formula is C55H94O6. The Balaban J connectivity index is 4.50. The highest BCUT2D eigenvalue weighted by Gasteiger charge is 2.19. The predicted octanol–water partition coefficient (Wildman–Crippen LogP) is 16.6. The van der Waals surface area contributed by atoms with E-state index in [0.29, 0.717) is 19.3 Å². The minimum Gasteiger partial charge on any atom is -0.462 e. The van der Waals surface area contributed by atoms with Gasteiger partial charge < -0.3 is 14.2 Å². The normalized spacial score (nSPS) is 12.6. The number of rotatable bonds is 45. The summed E-state index contributed by atoms with van der Waals surface area (Å²) in [6, 6.07) is 0. The van der Waals surface area contributed by atoms with Crippen molar-refractivity contribution in [1.82, 2.24) is 0 Å². The third-order valence-corrected chi connectivity index (χ3v) is 10.7. The van der Waals surface area contributed by atoms with Crippen LogP contribution in [0.3, 0.4) is 0 Å². The van der Waals surface area contributed by atoms with E-state index in [-0.39, 0.29) is 38.0 Å². The second kappa shape index (κ2) is 49.5. The van der Waals surface area contributed by atoms with E-state index in [9.17, 15) is 14.4 Å². The fourth-order valence-electron chi connectivity index (χ4n) is 6.81. The molecule has 0 aromatic rings. The molecule has 0 bridgehead atoms. The van der Waals surface area contributed by atoms with Crippen molar-refractivity contribution in [3.05, 3.63) is 72.9 Å². The van der Waals surface area contributed by atoms with E-state index in [2.05, 4.69) is 81.5 Å². The van der Waals surface area contributed by atoms with Gasteiger partial charge in [0.2, 0.25) is 0 Å². The van der Waals surface area contributed by atoms with Crippen LogP contribution in [-0.4, -0.2) is 37.2 Å². The molecule has 0 aliphatic carbocycles. The topological polar surface area (TPSA) is 78.9 Å². The molecule has 6 nitrogen and oxygen atoms in total. The summed E-state index contributed by atoms with van der Waals surface area (Å²) in [4.78, 5) is 37.8. The maximum Gasteiger partial charge on any atom is 0.306 e. The largest absolute Gasteiger partial charge is 0.462 e. The zero-order chi connectivity index (χ0) is 44.4. The van der Waals surface area contributed by atoms with Crippen LogP contribution in [0.15, 0.2) is 72.9 Å². The molecule has 0 aromatic carbocycles. The Hall–Kier alpha value is -3.15. The van der Waals surface area contributed by atoms with Crippen LogP contribution in [0.4, 0.5) is 0 Å². The average molecular weight is 851 g/mol. The molecule has 0 aromatic heterocycles. The number of hydrogen-bond acceptors (Lipinski definition) is 6. The number of unbranched alkanes of at least 4 members (excludes halogenated alkanes) is 22. The van der Waals surface area contributed by atoms with Gasteiger partial charge in [-0.05, 0) is 89.9 Å². The van der Waals surface area contributed by atoms with Crippen LogP contribution in [0.2, 0.25) is 0 Å². The molecule has 1 unspecified atom stereocenters. The van der Waals surface area contributed by atoms with Crippen molar-refractivity contribution in [2.24, 2.45) is 0 Å². The first-order valence-corrected chi connectivity index (χ1v) is 25.4. The zero-order valence-corrected chi connectivity index (χ0v) is 39.9. The molecule has 1 atom stereocenters. The lowest BCUT2D eigenvalue weighted by Gasteiger charge is -2.18. The molecule has 0 amide bonds. The van der Waals surface area contributed by atoms with Crippen LogP contribution in [-0.2, 0) is 28.6 Å². The van der Waals surface area contributed by atoms with Gasteiger partial charge in [0.05, 0.1) is 0 Å². The van der Waals surface area contributed by atoms with Crippen molar-refractivity contribution in [2.75, 3.05) is 13.2 Å². The van der Waals surface area contributed by atoms with Gasteiger partial charge in [-0.2, -0.15) is 0 Å². The Kier molecular flexibility index (Phi) is 46.9. The summed E-state index contributed by atoms with van der Waals surface area (Å²) in [6.07, 6.45) is 61.9. The van der Waals surface area contributed by atoms with Gasteiger partial charge in [0.25, 0.3) is 0 Å². The van der Waals surface area contributed by atoms with Gasteiger partial charge in [0.1, 0.15) is 13.2 Å². The monoisotopic (exact) mass is 851 g/mol. The molecule has 0 saturated carbocycles. The summed E-state index contributed by atoms with van der Waals surface area (Å²) in [5.41, 5.74) is 0. The highest BCUT2D eigenvalue weighted by atomic mass is 16.6. The third-order valence-electron chi connectivity index (χ3n) is 10.7. The molecular weight excluding hydrogens is 757 g/mol. The van der Waals surface area contributed by atoms with Gasteiger partial charge in [-0.15, -0.1) is 0 Å². The molecule has 0 rings (SSSR count). The number of hydrogen-bond donors (Lipinski definition) is 0. The maximum atomic E-state index is 12.7. The first-order chi connectivity index (χ1) is 30.0. The summed E-state index contributed by atoms with van der Waals surface area (Å²) in [6.45, 7) is 6.48. The Bertz CT molecular complexity index is 1160. The first-order valence-electron chi connectivity index (χ1n) is 25.4. The molecule has 0 aliphatic rings. The molecule has 0 fully saturated rings. The molecule has 0 aliphatic heterocycles. The Morgan fingerprint density at radius 1 is 0.328 bits per heavy atom. The lowest BCUT2D eigenvalue weighted by molar-refractivity contribution is -0.166. The number of carbonyl (C=O) groups excluding carboxylic acids is 3. The summed E-state index contributed by atoms with van der Waals surface area (Å²) >= 11 is 0. The predicted molar refractivity (Wildman–Crippen MR) is 261 cm³/mol. The van der Waals surface area contributed by atoms with Crippen LogP contribution in [0.1, 0.15) is 239 Å². The smallest absolute Gasteiger partial charge is 0.306 e. The Morgan fingerprint density at radius 2 is 0.623 bits per heavy atom. The standard InChI is InChI=1S/C55H94O6/c1-4-7-10-13-16-19-22-25-26-27-28-31-33-36-39-42-45-48-54(57)60-51-52(61-55(58)49-46-43-40-37-34-30-24-21-18-15-12-9-6-3)50-59-53(56)47-44-41-38-35-32-29-23-20-17-14-11-8-5-2/h16,19,25-26,29-30,32,34,38,40-41,43,52H,4-15,17-18,20-24,27-28,31,33,35-37,39,42,44-51H2,1-3H3/b19-16+,26-25+,32-29+,34-30+,41-38+,43-40+. The molecule has 0 radical (unpaired) electrons. The molecule has 0 N–H and O–H groups in total. The van der Waals surface area contributed by atoms with Crippen molar-refractivity contribution in [3.63, 3.8) is 0 Å². The molecule has 0 heterocycles. The molecule has 6 heteroatoms. The van der Waals surface area contributed by atoms with Crippen molar-refractivity contribution < 1.29 is 28.6 Å². The molecule has 0 saturated heterocycles. The van der Waals surface area contributed by atoms with E-state index in [0.717, 1.165) is 57.8 Å². The molecule has 350 valence electrons. The third kappa shape index (κ3) is 47.7. The van der Waals surface area contributed by atoms with Gasteiger partial charge >= 0.3 is 17.9 Å². The minimum absolute atomic E-state index is 0.119. The number of esters is 3. The van der Waals surface area contributed by atoms with Gasteiger partial charge in [-0.3, -0.25) is 14.4 Å². The van der Waals surface area contributed by atoms with Gasteiger partial charge in [-0.1, -0.05) is 203 Å². The van der Waals surface area contributed by atoms with E-state index >= 15 is 0 Å². The lowest BCUT2D eigenvalue weighted by Crippen LogP contribution is -2.30. The number of ether oxygens (including phenoxy) is 3. The highest BCUT2D eigenvalue weighted by Crippen LogP contribution is 2.13. The second-order valence-corrected chi connectivity index (χ2v) is 16.7. The fourth-order valence-corrected chi connectivity index (χ4v) is 6.81. The minimum atomic E-state index is -0.830. The summed E-state index contributed by atoms with van der Waals surface area (Å²) < 4.78 is 16.6. The SMILES string of the molecule is CCCCC/C=C/C/C=C/CCCCCCCCCC(=O)OCC(COC(=O)CC/C=C/C/C=C/CCCCCCCC)OC(=O)CC/C=C/C/C=C/CCCCCCCC. The van der Waals surface area contributed by atoms with Gasteiger partial charge in [0.15, 0.2) is 6.10 Å². The van der Waals surface area contributed by atoms with E-state index in [4.69, 9.17) is 14.2 Å². The first kappa shape index (κ1) is 57.9. The maximum absolute atomic E-state index is 12.7. The van der Waals surface area contributed by atoms with Crippen LogP contribution < -0.4 is 0 Å². The number of carbonyl (C=O) groups is 3. The molecule has 0 spiro atoms. The highest BCUT2D eigenvalue weighted by molar-refractivity contribution is 5.71. The van der Waals surface area contributed by atoms with Crippen LogP contribution in [0.5, 0.6) is 0 Å². The molecule has 61 heavy (non-hydrogen) atoms. The van der Waals surface area contributed by atoms with Gasteiger partial charge in [-0.25, -0.2) is 0 Å². The average Bonchev–Trinajstić information content (AvgIpc) is 3.26. The van der Waals surface area contributed by atoms with E-state index in [1.807, 2.05) is 12.2 Å². The van der Waals surface area contributed by atoms with Crippen LogP contribution >= 0.6 is 0 Å². The van der Waals surface area contributed by atoms with Crippen LogP contribution in [0, 0.1) is 0 Å². The van der Waals surface area contributed by atoms with E-state index in [1.165, 1.54) is 128 Å². The van der Waals surface area contributed by atoms with E-state index in [1.54, 1.807) is 0 Å². The quantitative estimate of drug-likeness (QED) is 0.0263. The second-order valence-electron chi connectivity index (χ2n) is 16.7. The summed E-state index contributed by atoms with van der Waals surface area (Å²) in [5, 5.41) is 0. The van der Waals surface area contributed by atoms with Crippen molar-refractivity contribution in [1.29, 1.82) is 0 Å². The Morgan fingerprint density at radius 3 is 1.03 bits per heavy atom. The van der Waals surface area contributed by atoms with Gasteiger partial charge in [0, 0.05) is 19.3 Å². The number of allylic oxidation sites excluding steroid dienone is 12. The summed E-state index contributed by atoms with van der Waals surface area (Å²) in [7, 11) is 0. The zero-order valence-electron chi connectivity index (χ0n) is 39.9. The lowest BCUT2D eigenvalue weighted by atomic mass is 10.1. The van der Waals surface area contributed by atoms with Crippen molar-refractivity contribution >= 4 is 17.9 Å². The van der Waals surface area contributed by atoms with Crippen molar-refractivity contribution in [3.8, 4) is 0 Å². The van der Waals surface area contributed by atoms with Crippen LogP contribution in [0.25, 0.3) is 0 Å². The van der Waals surface area contributed by atoms with Crippen molar-refractivity contribution in [2.45, 2.75) is 245 Å². The fraction of sp³-hybridized carbons (Fsp3) is 0.727. The summed E-state index contributed by atoms with van der Waals surface area (Å²) in [5.74, 6) is -1.07.